The van der Waals surface area contributed by atoms with Crippen LogP contribution in [0, 0.1) is 6.92 Å². The van der Waals surface area contributed by atoms with Gasteiger partial charge in [0.25, 0.3) is 0 Å². The molecule has 0 aliphatic carbocycles. The molecular formula is C16H19ClN2OS. The minimum absolute atomic E-state index is 0.0578. The number of aryl methyl sites for hydroxylation is 1. The lowest BCUT2D eigenvalue weighted by atomic mass is 10.1. The number of rotatable bonds is 6. The molecule has 3 nitrogen and oxygen atoms in total. The largest absolute Gasteiger partial charge is 0.325 e. The van der Waals surface area contributed by atoms with Gasteiger partial charge in [0, 0.05) is 16.8 Å². The van der Waals surface area contributed by atoms with Crippen molar-refractivity contribution in [1.82, 2.24) is 5.32 Å². The summed E-state index contributed by atoms with van der Waals surface area (Å²) >= 11 is 7.63. The van der Waals surface area contributed by atoms with Gasteiger partial charge in [0.2, 0.25) is 5.91 Å². The van der Waals surface area contributed by atoms with E-state index >= 15 is 0 Å². The summed E-state index contributed by atoms with van der Waals surface area (Å²) in [5.74, 6) is -0.0578. The van der Waals surface area contributed by atoms with Gasteiger partial charge in [-0.15, -0.1) is 0 Å². The molecule has 1 heterocycles. The summed E-state index contributed by atoms with van der Waals surface area (Å²) in [7, 11) is 0. The van der Waals surface area contributed by atoms with Crippen LogP contribution in [0.25, 0.3) is 0 Å². The standard InChI is InChI=1S/C16H19ClN2OS/c1-11-3-4-14(17)8-15(11)19-16(20)9-18-12(2)7-13-5-6-21-10-13/h3-6,8,10,12,18H,7,9H2,1-2H3,(H,19,20). The van der Waals surface area contributed by atoms with E-state index in [1.54, 1.807) is 17.4 Å². The Labute approximate surface area is 134 Å². The van der Waals surface area contributed by atoms with E-state index in [4.69, 9.17) is 11.6 Å². The van der Waals surface area contributed by atoms with Crippen molar-refractivity contribution in [3.8, 4) is 0 Å². The zero-order valence-electron chi connectivity index (χ0n) is 12.2. The molecular weight excluding hydrogens is 304 g/mol. The molecule has 0 saturated carbocycles. The van der Waals surface area contributed by atoms with Crippen molar-refractivity contribution in [2.24, 2.45) is 0 Å². The summed E-state index contributed by atoms with van der Waals surface area (Å²) in [6.45, 7) is 4.31. The average Bonchev–Trinajstić information content (AvgIpc) is 2.93. The Hall–Kier alpha value is -1.36. The van der Waals surface area contributed by atoms with Gasteiger partial charge in [0.15, 0.2) is 0 Å². The second-order valence-corrected chi connectivity index (χ2v) is 6.34. The van der Waals surface area contributed by atoms with E-state index in [2.05, 4.69) is 34.4 Å². The first kappa shape index (κ1) is 16.0. The quantitative estimate of drug-likeness (QED) is 0.847. The molecule has 1 amide bonds. The Kier molecular flexibility index (Phi) is 5.79. The lowest BCUT2D eigenvalue weighted by Crippen LogP contribution is -2.35. The van der Waals surface area contributed by atoms with E-state index in [1.165, 1.54) is 5.56 Å². The van der Waals surface area contributed by atoms with Crippen LogP contribution in [0.3, 0.4) is 0 Å². The van der Waals surface area contributed by atoms with Crippen LogP contribution >= 0.6 is 22.9 Å². The van der Waals surface area contributed by atoms with Gasteiger partial charge in [0.1, 0.15) is 0 Å². The van der Waals surface area contributed by atoms with Gasteiger partial charge in [-0.05, 0) is 60.4 Å². The molecule has 2 aromatic rings. The lowest BCUT2D eigenvalue weighted by molar-refractivity contribution is -0.115. The van der Waals surface area contributed by atoms with Crippen LogP contribution in [-0.4, -0.2) is 18.5 Å². The van der Waals surface area contributed by atoms with Gasteiger partial charge in [-0.2, -0.15) is 11.3 Å². The molecule has 2 rings (SSSR count). The second kappa shape index (κ2) is 7.59. The first-order valence-corrected chi connectivity index (χ1v) is 8.17. The van der Waals surface area contributed by atoms with E-state index in [1.807, 2.05) is 19.1 Å². The molecule has 1 aromatic heterocycles. The van der Waals surface area contributed by atoms with Gasteiger partial charge in [-0.3, -0.25) is 4.79 Å². The van der Waals surface area contributed by atoms with Gasteiger partial charge in [-0.1, -0.05) is 17.7 Å². The van der Waals surface area contributed by atoms with Crippen molar-refractivity contribution >= 4 is 34.5 Å². The Morgan fingerprint density at radius 3 is 2.90 bits per heavy atom. The summed E-state index contributed by atoms with van der Waals surface area (Å²) in [6.07, 6.45) is 0.924. The van der Waals surface area contributed by atoms with Crippen LogP contribution in [0.15, 0.2) is 35.0 Å². The molecule has 0 aliphatic heterocycles. The van der Waals surface area contributed by atoms with E-state index < -0.39 is 0 Å². The number of carbonyl (C=O) groups excluding carboxylic acids is 1. The molecule has 0 aliphatic rings. The van der Waals surface area contributed by atoms with E-state index in [-0.39, 0.29) is 18.5 Å². The maximum atomic E-state index is 12.0. The molecule has 1 aromatic carbocycles. The van der Waals surface area contributed by atoms with Crippen molar-refractivity contribution in [2.45, 2.75) is 26.3 Å². The van der Waals surface area contributed by atoms with Crippen LogP contribution in [0.1, 0.15) is 18.1 Å². The SMILES string of the molecule is Cc1ccc(Cl)cc1NC(=O)CNC(C)Cc1ccsc1. The first-order valence-electron chi connectivity index (χ1n) is 6.85. The summed E-state index contributed by atoms with van der Waals surface area (Å²) in [5, 5.41) is 10.9. The summed E-state index contributed by atoms with van der Waals surface area (Å²) in [6, 6.07) is 7.84. The molecule has 5 heteroatoms. The fourth-order valence-corrected chi connectivity index (χ4v) is 2.88. The molecule has 0 fully saturated rings. The fraction of sp³-hybridized carbons (Fsp3) is 0.312. The normalized spacial score (nSPS) is 12.1. The molecule has 0 spiro atoms. The number of anilines is 1. The molecule has 2 N–H and O–H groups in total. The summed E-state index contributed by atoms with van der Waals surface area (Å²) in [5.41, 5.74) is 3.06. The van der Waals surface area contributed by atoms with Crippen molar-refractivity contribution in [3.63, 3.8) is 0 Å². The zero-order chi connectivity index (χ0) is 15.2. The molecule has 0 saturated heterocycles. The van der Waals surface area contributed by atoms with E-state index in [9.17, 15) is 4.79 Å². The highest BCUT2D eigenvalue weighted by molar-refractivity contribution is 7.07. The van der Waals surface area contributed by atoms with Crippen LogP contribution in [0.4, 0.5) is 5.69 Å². The maximum Gasteiger partial charge on any atom is 0.238 e. The molecule has 0 bridgehead atoms. The number of halogens is 1. The minimum atomic E-state index is -0.0578. The van der Waals surface area contributed by atoms with E-state index in [0.29, 0.717) is 5.02 Å². The monoisotopic (exact) mass is 322 g/mol. The molecule has 112 valence electrons. The molecule has 0 radical (unpaired) electrons. The predicted molar refractivity (Wildman–Crippen MR) is 90.3 cm³/mol. The van der Waals surface area contributed by atoms with Gasteiger partial charge >= 0.3 is 0 Å². The fourth-order valence-electron chi connectivity index (χ4n) is 2.02. The van der Waals surface area contributed by atoms with Gasteiger partial charge < -0.3 is 10.6 Å². The maximum absolute atomic E-state index is 12.0. The highest BCUT2D eigenvalue weighted by Crippen LogP contribution is 2.19. The van der Waals surface area contributed by atoms with E-state index in [0.717, 1.165) is 17.7 Å². The number of thiophene rings is 1. The highest BCUT2D eigenvalue weighted by Gasteiger charge is 2.08. The number of carbonyl (C=O) groups is 1. The van der Waals surface area contributed by atoms with Crippen LogP contribution in [-0.2, 0) is 11.2 Å². The third-order valence-corrected chi connectivity index (χ3v) is 4.17. The van der Waals surface area contributed by atoms with Gasteiger partial charge in [-0.25, -0.2) is 0 Å². The summed E-state index contributed by atoms with van der Waals surface area (Å²) < 4.78 is 0. The van der Waals surface area contributed by atoms with Gasteiger partial charge in [0.05, 0.1) is 6.54 Å². The average molecular weight is 323 g/mol. The Balaban J connectivity index is 1.80. The number of amides is 1. The number of hydrogen-bond acceptors (Lipinski definition) is 3. The zero-order valence-corrected chi connectivity index (χ0v) is 13.7. The number of benzene rings is 1. The first-order chi connectivity index (χ1) is 10.0. The minimum Gasteiger partial charge on any atom is -0.325 e. The number of hydrogen-bond donors (Lipinski definition) is 2. The molecule has 21 heavy (non-hydrogen) atoms. The van der Waals surface area contributed by atoms with Crippen LogP contribution in [0.2, 0.25) is 5.02 Å². The van der Waals surface area contributed by atoms with Crippen LogP contribution in [0.5, 0.6) is 0 Å². The van der Waals surface area contributed by atoms with Crippen molar-refractivity contribution in [2.75, 3.05) is 11.9 Å². The Bertz CT molecular complexity index is 598. The smallest absolute Gasteiger partial charge is 0.238 e. The number of nitrogens with one attached hydrogen (secondary N) is 2. The molecule has 1 unspecified atom stereocenters. The topological polar surface area (TPSA) is 41.1 Å². The van der Waals surface area contributed by atoms with Crippen molar-refractivity contribution < 1.29 is 4.79 Å². The van der Waals surface area contributed by atoms with Crippen molar-refractivity contribution in [3.05, 3.63) is 51.2 Å². The second-order valence-electron chi connectivity index (χ2n) is 5.13. The molecule has 1 atom stereocenters. The highest BCUT2D eigenvalue weighted by atomic mass is 35.5. The lowest BCUT2D eigenvalue weighted by Gasteiger charge is -2.14. The Morgan fingerprint density at radius 1 is 1.38 bits per heavy atom. The predicted octanol–water partition coefficient (Wildman–Crippen LogP) is 3.87. The summed E-state index contributed by atoms with van der Waals surface area (Å²) in [4.78, 5) is 12.0. The van der Waals surface area contributed by atoms with Crippen LogP contribution < -0.4 is 10.6 Å². The third kappa shape index (κ3) is 5.16. The Morgan fingerprint density at radius 2 is 2.19 bits per heavy atom. The third-order valence-electron chi connectivity index (χ3n) is 3.21. The van der Waals surface area contributed by atoms with Crippen molar-refractivity contribution in [1.29, 1.82) is 0 Å².